The van der Waals surface area contributed by atoms with E-state index >= 15 is 0 Å². The minimum Gasteiger partial charge on any atom is -0.468 e. The molecule has 0 heterocycles. The van der Waals surface area contributed by atoms with Crippen LogP contribution >= 0.6 is 0 Å². The molecule has 0 aromatic heterocycles. The Morgan fingerprint density at radius 3 is 0.932 bits per heavy atom. The Morgan fingerprint density at radius 2 is 0.682 bits per heavy atom. The molecule has 0 radical (unpaired) electrons. The van der Waals surface area contributed by atoms with Gasteiger partial charge in [-0.25, -0.2) is 0 Å². The summed E-state index contributed by atoms with van der Waals surface area (Å²) in [5, 5.41) is 0. The first kappa shape index (κ1) is 41.1. The fourth-order valence-electron chi connectivity index (χ4n) is 4.82. The van der Waals surface area contributed by atoms with E-state index in [4.69, 9.17) is 9.47 Å². The minimum absolute atomic E-state index is 0.304. The molecule has 0 saturated carbocycles. The van der Waals surface area contributed by atoms with Gasteiger partial charge in [0, 0.05) is 0 Å². The van der Waals surface area contributed by atoms with Gasteiger partial charge in [-0.3, -0.25) is 9.59 Å². The average molecular weight is 609 g/mol. The van der Waals surface area contributed by atoms with Gasteiger partial charge in [0.15, 0.2) is 5.92 Å². The molecule has 0 aliphatic rings. The molecule has 0 aromatic rings. The van der Waals surface area contributed by atoms with Crippen molar-refractivity contribution in [1.82, 2.24) is 0 Å². The van der Waals surface area contributed by atoms with E-state index in [2.05, 4.69) is 84.9 Å². The van der Waals surface area contributed by atoms with E-state index in [1.807, 2.05) is 13.0 Å². The van der Waals surface area contributed by atoms with Gasteiger partial charge in [-0.2, -0.15) is 0 Å². The first-order valence-electron chi connectivity index (χ1n) is 16.6. The fraction of sp³-hybridized carbons (Fsp3) is 0.600. The van der Waals surface area contributed by atoms with Gasteiger partial charge >= 0.3 is 11.9 Å². The number of methoxy groups -OCH3 is 2. The summed E-state index contributed by atoms with van der Waals surface area (Å²) in [4.78, 5) is 23.6. The standard InChI is InChI=1S/C40H64O4/c1-31(2)17-11-18-32(3)19-12-20-33(4)21-13-22-34(5)23-14-24-35(6)25-15-26-36(7)27-16-28-37(8)29-30-38(39(41)43-9)40(42)44-10/h17,19,21,23,25,27,29,38H,11-16,18,20,22,24,26,28,30H2,1-10H3/b32-19+,33-21+,34-23-,35-25-,36-27-,37-29-. The minimum atomic E-state index is -0.895. The number of carbonyl (C=O) groups excluding carboxylic acids is 2. The van der Waals surface area contributed by atoms with Gasteiger partial charge in [-0.1, -0.05) is 81.5 Å². The average Bonchev–Trinajstić information content (AvgIpc) is 2.96. The van der Waals surface area contributed by atoms with E-state index in [0.29, 0.717) is 6.42 Å². The molecule has 0 saturated heterocycles. The molecule has 248 valence electrons. The molecular formula is C40H64O4. The first-order chi connectivity index (χ1) is 20.9. The number of allylic oxidation sites excluding steroid dienone is 14. The van der Waals surface area contributed by atoms with E-state index in [9.17, 15) is 9.59 Å². The summed E-state index contributed by atoms with van der Waals surface area (Å²) in [6.07, 6.45) is 29.6. The van der Waals surface area contributed by atoms with Crippen LogP contribution in [0.15, 0.2) is 81.5 Å². The van der Waals surface area contributed by atoms with E-state index in [1.54, 1.807) is 0 Å². The van der Waals surface area contributed by atoms with Gasteiger partial charge in [0.1, 0.15) is 0 Å². The Morgan fingerprint density at radius 1 is 0.432 bits per heavy atom. The summed E-state index contributed by atoms with van der Waals surface area (Å²) in [5.74, 6) is -2.01. The lowest BCUT2D eigenvalue weighted by Crippen LogP contribution is -2.26. The molecule has 0 spiro atoms. The molecule has 4 nitrogen and oxygen atoms in total. The van der Waals surface area contributed by atoms with Crippen LogP contribution in [-0.2, 0) is 19.1 Å². The van der Waals surface area contributed by atoms with Crippen LogP contribution in [0.3, 0.4) is 0 Å². The molecule has 0 rings (SSSR count). The van der Waals surface area contributed by atoms with Crippen molar-refractivity contribution in [3.05, 3.63) is 81.5 Å². The van der Waals surface area contributed by atoms with Crippen molar-refractivity contribution >= 4 is 11.9 Å². The monoisotopic (exact) mass is 608 g/mol. The Bertz CT molecular complexity index is 1050. The summed E-state index contributed by atoms with van der Waals surface area (Å²) in [6, 6.07) is 0. The maximum atomic E-state index is 11.8. The summed E-state index contributed by atoms with van der Waals surface area (Å²) >= 11 is 0. The van der Waals surface area contributed by atoms with Crippen molar-refractivity contribution in [2.75, 3.05) is 14.2 Å². The van der Waals surface area contributed by atoms with Crippen LogP contribution in [-0.4, -0.2) is 26.2 Å². The number of rotatable bonds is 22. The summed E-state index contributed by atoms with van der Waals surface area (Å²) in [7, 11) is 2.57. The van der Waals surface area contributed by atoms with Crippen molar-refractivity contribution in [2.45, 2.75) is 139 Å². The van der Waals surface area contributed by atoms with E-state index < -0.39 is 17.9 Å². The zero-order valence-corrected chi connectivity index (χ0v) is 29.9. The van der Waals surface area contributed by atoms with Crippen LogP contribution in [0, 0.1) is 5.92 Å². The molecule has 44 heavy (non-hydrogen) atoms. The largest absolute Gasteiger partial charge is 0.468 e. The van der Waals surface area contributed by atoms with E-state index in [1.165, 1.54) is 54.1 Å². The number of ether oxygens (including phenoxy) is 2. The van der Waals surface area contributed by atoms with Crippen molar-refractivity contribution in [1.29, 1.82) is 0 Å². The molecule has 0 atom stereocenters. The first-order valence-corrected chi connectivity index (χ1v) is 16.6. The highest BCUT2D eigenvalue weighted by atomic mass is 16.5. The highest BCUT2D eigenvalue weighted by Crippen LogP contribution is 2.17. The predicted molar refractivity (Wildman–Crippen MR) is 190 cm³/mol. The lowest BCUT2D eigenvalue weighted by atomic mass is 10.0. The van der Waals surface area contributed by atoms with E-state index in [-0.39, 0.29) is 0 Å². The smallest absolute Gasteiger partial charge is 0.320 e. The van der Waals surface area contributed by atoms with E-state index in [0.717, 1.165) is 76.2 Å². The molecule has 0 unspecified atom stereocenters. The summed E-state index contributed by atoms with van der Waals surface area (Å²) < 4.78 is 9.45. The highest BCUT2D eigenvalue weighted by Gasteiger charge is 2.27. The molecule has 0 bridgehead atoms. The van der Waals surface area contributed by atoms with Crippen LogP contribution in [0.2, 0.25) is 0 Å². The SMILES string of the molecule is COC(=O)C(C/C=C(/C)CC/C=C(/C)CC/C=C(/C)CC/C=C(/C)CC/C=C(\C)CC/C=C(\C)CCC=C(C)C)C(=O)OC. The molecule has 4 heteroatoms. The van der Waals surface area contributed by atoms with Gasteiger partial charge in [-0.05, 0) is 139 Å². The molecule has 0 fully saturated rings. The fourth-order valence-corrected chi connectivity index (χ4v) is 4.82. The van der Waals surface area contributed by atoms with Gasteiger partial charge in [0.05, 0.1) is 14.2 Å². The quantitative estimate of drug-likeness (QED) is 0.0697. The topological polar surface area (TPSA) is 52.6 Å². The molecular weight excluding hydrogens is 544 g/mol. The molecule has 0 aliphatic carbocycles. The van der Waals surface area contributed by atoms with Gasteiger partial charge in [-0.15, -0.1) is 0 Å². The number of carbonyl (C=O) groups is 2. The lowest BCUT2D eigenvalue weighted by Gasteiger charge is -2.10. The van der Waals surface area contributed by atoms with Gasteiger partial charge in [0.2, 0.25) is 0 Å². The second kappa shape index (κ2) is 25.4. The maximum Gasteiger partial charge on any atom is 0.320 e. The molecule has 0 aliphatic heterocycles. The molecule has 0 amide bonds. The Labute approximate surface area is 271 Å². The van der Waals surface area contributed by atoms with Crippen LogP contribution in [0.5, 0.6) is 0 Å². The van der Waals surface area contributed by atoms with Crippen LogP contribution in [0.25, 0.3) is 0 Å². The van der Waals surface area contributed by atoms with Crippen molar-refractivity contribution in [2.24, 2.45) is 5.92 Å². The summed E-state index contributed by atoms with van der Waals surface area (Å²) in [5.41, 5.74) is 9.93. The third kappa shape index (κ3) is 22.6. The van der Waals surface area contributed by atoms with Crippen LogP contribution in [0.4, 0.5) is 0 Å². The lowest BCUT2D eigenvalue weighted by molar-refractivity contribution is -0.158. The van der Waals surface area contributed by atoms with Crippen molar-refractivity contribution in [3.63, 3.8) is 0 Å². The Kier molecular flexibility index (Phi) is 23.8. The molecule has 0 aromatic carbocycles. The molecule has 0 N–H and O–H groups in total. The zero-order valence-electron chi connectivity index (χ0n) is 29.9. The normalized spacial score (nSPS) is 13.8. The number of hydrogen-bond acceptors (Lipinski definition) is 4. The highest BCUT2D eigenvalue weighted by molar-refractivity contribution is 5.94. The Balaban J connectivity index is 4.34. The zero-order chi connectivity index (χ0) is 33.3. The number of hydrogen-bond donors (Lipinski definition) is 0. The third-order valence-electron chi connectivity index (χ3n) is 7.92. The third-order valence-corrected chi connectivity index (χ3v) is 7.92. The number of esters is 2. The second-order valence-corrected chi connectivity index (χ2v) is 12.7. The Hall–Kier alpha value is -2.88. The van der Waals surface area contributed by atoms with Crippen molar-refractivity contribution in [3.8, 4) is 0 Å². The predicted octanol–water partition coefficient (Wildman–Crippen LogP) is 11.7. The van der Waals surface area contributed by atoms with Crippen LogP contribution < -0.4 is 0 Å². The van der Waals surface area contributed by atoms with Gasteiger partial charge in [0.25, 0.3) is 0 Å². The van der Waals surface area contributed by atoms with Gasteiger partial charge < -0.3 is 9.47 Å². The van der Waals surface area contributed by atoms with Crippen molar-refractivity contribution < 1.29 is 19.1 Å². The maximum absolute atomic E-state index is 11.8. The van der Waals surface area contributed by atoms with Crippen LogP contribution in [0.1, 0.15) is 139 Å². The second-order valence-electron chi connectivity index (χ2n) is 12.7. The summed E-state index contributed by atoms with van der Waals surface area (Å²) in [6.45, 7) is 17.6.